The summed E-state index contributed by atoms with van der Waals surface area (Å²) in [6, 6.07) is 9.35. The predicted molar refractivity (Wildman–Crippen MR) is 81.9 cm³/mol. The SMILES string of the molecule is O=C1C(Cl)=C(NC[C@H]2CCCO2)C(=O)N1Cc1ccccc1. The number of imide groups is 1. The standard InChI is InChI=1S/C16H17ClN2O3/c17-13-14(18-9-12-7-4-8-22-12)16(21)19(15(13)20)10-11-5-2-1-3-6-11/h1-3,5-6,12,18H,4,7-10H2/t12-/m1/s1. The lowest BCUT2D eigenvalue weighted by Gasteiger charge is -2.16. The number of benzene rings is 1. The molecule has 22 heavy (non-hydrogen) atoms. The highest BCUT2D eigenvalue weighted by Gasteiger charge is 2.37. The number of hydrogen-bond acceptors (Lipinski definition) is 4. The van der Waals surface area contributed by atoms with Crippen LogP contribution < -0.4 is 5.32 Å². The summed E-state index contributed by atoms with van der Waals surface area (Å²) < 4.78 is 5.49. The molecule has 1 atom stereocenters. The van der Waals surface area contributed by atoms with E-state index in [-0.39, 0.29) is 29.3 Å². The van der Waals surface area contributed by atoms with Gasteiger partial charge < -0.3 is 10.1 Å². The van der Waals surface area contributed by atoms with Gasteiger partial charge in [-0.25, -0.2) is 0 Å². The molecule has 3 rings (SSSR count). The maximum Gasteiger partial charge on any atom is 0.278 e. The van der Waals surface area contributed by atoms with Gasteiger partial charge in [-0.05, 0) is 18.4 Å². The molecule has 2 aliphatic heterocycles. The average Bonchev–Trinajstić information content (AvgIpc) is 3.11. The molecule has 0 bridgehead atoms. The van der Waals surface area contributed by atoms with Gasteiger partial charge in [-0.2, -0.15) is 0 Å². The van der Waals surface area contributed by atoms with Gasteiger partial charge in [-0.15, -0.1) is 0 Å². The molecule has 1 aromatic carbocycles. The zero-order chi connectivity index (χ0) is 15.5. The monoisotopic (exact) mass is 320 g/mol. The van der Waals surface area contributed by atoms with Crippen molar-refractivity contribution in [1.29, 1.82) is 0 Å². The van der Waals surface area contributed by atoms with Crippen LogP contribution in [0.4, 0.5) is 0 Å². The molecule has 116 valence electrons. The van der Waals surface area contributed by atoms with Crippen LogP contribution in [0.15, 0.2) is 41.1 Å². The Morgan fingerprint density at radius 1 is 1.23 bits per heavy atom. The third-order valence-electron chi connectivity index (χ3n) is 3.83. The van der Waals surface area contributed by atoms with Gasteiger partial charge in [-0.3, -0.25) is 14.5 Å². The fourth-order valence-corrected chi connectivity index (χ4v) is 2.88. The lowest BCUT2D eigenvalue weighted by Crippen LogP contribution is -2.35. The Labute approximate surface area is 133 Å². The van der Waals surface area contributed by atoms with E-state index < -0.39 is 5.91 Å². The van der Waals surface area contributed by atoms with Crippen LogP contribution in [0.25, 0.3) is 0 Å². The van der Waals surface area contributed by atoms with E-state index in [1.54, 1.807) is 0 Å². The highest BCUT2D eigenvalue weighted by Crippen LogP contribution is 2.24. The first-order chi connectivity index (χ1) is 10.7. The normalized spacial score (nSPS) is 21.9. The molecule has 5 nitrogen and oxygen atoms in total. The molecule has 0 spiro atoms. The van der Waals surface area contributed by atoms with Crippen molar-refractivity contribution in [2.45, 2.75) is 25.5 Å². The second-order valence-electron chi connectivity index (χ2n) is 5.39. The minimum absolute atomic E-state index is 0.0427. The van der Waals surface area contributed by atoms with Crippen LogP contribution >= 0.6 is 11.6 Å². The van der Waals surface area contributed by atoms with Crippen LogP contribution in [0, 0.1) is 0 Å². The number of nitrogens with zero attached hydrogens (tertiary/aromatic N) is 1. The molecular formula is C16H17ClN2O3. The van der Waals surface area contributed by atoms with Gasteiger partial charge in [0.15, 0.2) is 0 Å². The Kier molecular flexibility index (Phi) is 4.45. The number of nitrogens with one attached hydrogen (secondary N) is 1. The first-order valence-electron chi connectivity index (χ1n) is 7.32. The van der Waals surface area contributed by atoms with Crippen molar-refractivity contribution in [2.24, 2.45) is 0 Å². The van der Waals surface area contributed by atoms with E-state index in [1.807, 2.05) is 30.3 Å². The van der Waals surface area contributed by atoms with E-state index in [9.17, 15) is 9.59 Å². The molecule has 1 aromatic rings. The Hall–Kier alpha value is -1.85. The Balaban J connectivity index is 1.66. The molecule has 0 radical (unpaired) electrons. The number of rotatable bonds is 5. The molecule has 6 heteroatoms. The van der Waals surface area contributed by atoms with Crippen LogP contribution in [0.2, 0.25) is 0 Å². The van der Waals surface area contributed by atoms with E-state index >= 15 is 0 Å². The van der Waals surface area contributed by atoms with Gasteiger partial charge >= 0.3 is 0 Å². The minimum atomic E-state index is -0.453. The van der Waals surface area contributed by atoms with Crippen molar-refractivity contribution < 1.29 is 14.3 Å². The van der Waals surface area contributed by atoms with Crippen molar-refractivity contribution in [3.63, 3.8) is 0 Å². The molecular weight excluding hydrogens is 304 g/mol. The van der Waals surface area contributed by atoms with Crippen molar-refractivity contribution in [1.82, 2.24) is 10.2 Å². The summed E-state index contributed by atoms with van der Waals surface area (Å²) in [7, 11) is 0. The molecule has 0 saturated carbocycles. The Bertz CT molecular complexity index is 609. The summed E-state index contributed by atoms with van der Waals surface area (Å²) >= 11 is 6.03. The Morgan fingerprint density at radius 2 is 2.00 bits per heavy atom. The van der Waals surface area contributed by atoms with Gasteiger partial charge in [0.25, 0.3) is 11.8 Å². The Morgan fingerprint density at radius 3 is 2.68 bits per heavy atom. The van der Waals surface area contributed by atoms with Crippen LogP contribution in [-0.2, 0) is 20.9 Å². The summed E-state index contributed by atoms with van der Waals surface area (Å²) in [4.78, 5) is 25.7. The minimum Gasteiger partial charge on any atom is -0.377 e. The number of carbonyl (C=O) groups excluding carboxylic acids is 2. The third kappa shape index (κ3) is 3.00. The third-order valence-corrected chi connectivity index (χ3v) is 4.18. The number of ether oxygens (including phenoxy) is 1. The number of hydrogen-bond donors (Lipinski definition) is 1. The lowest BCUT2D eigenvalue weighted by molar-refractivity contribution is -0.138. The zero-order valence-electron chi connectivity index (χ0n) is 12.0. The van der Waals surface area contributed by atoms with Gasteiger partial charge in [-0.1, -0.05) is 41.9 Å². The second kappa shape index (κ2) is 6.50. The molecule has 1 fully saturated rings. The predicted octanol–water partition coefficient (Wildman–Crippen LogP) is 1.77. The zero-order valence-corrected chi connectivity index (χ0v) is 12.8. The molecule has 2 aliphatic rings. The van der Waals surface area contributed by atoms with E-state index in [0.29, 0.717) is 6.54 Å². The quantitative estimate of drug-likeness (QED) is 0.840. The van der Waals surface area contributed by atoms with E-state index in [4.69, 9.17) is 16.3 Å². The van der Waals surface area contributed by atoms with E-state index in [0.717, 1.165) is 29.9 Å². The molecule has 1 N–H and O–H groups in total. The lowest BCUT2D eigenvalue weighted by atomic mass is 10.2. The number of carbonyl (C=O) groups is 2. The topological polar surface area (TPSA) is 58.6 Å². The molecule has 2 heterocycles. The smallest absolute Gasteiger partial charge is 0.278 e. The summed E-state index contributed by atoms with van der Waals surface area (Å²) in [6.45, 7) is 1.45. The largest absolute Gasteiger partial charge is 0.377 e. The van der Waals surface area contributed by atoms with Crippen LogP contribution in [0.1, 0.15) is 18.4 Å². The highest BCUT2D eigenvalue weighted by atomic mass is 35.5. The van der Waals surface area contributed by atoms with Crippen LogP contribution in [0.3, 0.4) is 0 Å². The van der Waals surface area contributed by atoms with Gasteiger partial charge in [0, 0.05) is 13.2 Å². The van der Waals surface area contributed by atoms with Gasteiger partial charge in [0.05, 0.1) is 12.6 Å². The van der Waals surface area contributed by atoms with Crippen LogP contribution in [-0.4, -0.2) is 36.0 Å². The molecule has 0 aliphatic carbocycles. The van der Waals surface area contributed by atoms with Crippen molar-refractivity contribution in [3.05, 3.63) is 46.6 Å². The number of halogens is 1. The first kappa shape index (κ1) is 15.1. The maximum atomic E-state index is 12.4. The highest BCUT2D eigenvalue weighted by molar-refractivity contribution is 6.47. The van der Waals surface area contributed by atoms with Gasteiger partial charge in [0.1, 0.15) is 10.7 Å². The summed E-state index contributed by atoms with van der Waals surface area (Å²) in [5.74, 6) is -0.831. The van der Waals surface area contributed by atoms with Crippen molar-refractivity contribution in [2.75, 3.05) is 13.2 Å². The number of amides is 2. The summed E-state index contributed by atoms with van der Waals surface area (Å²) in [5.41, 5.74) is 1.06. The van der Waals surface area contributed by atoms with Crippen LogP contribution in [0.5, 0.6) is 0 Å². The summed E-state index contributed by atoms with van der Waals surface area (Å²) in [6.07, 6.45) is 2.04. The molecule has 2 amide bonds. The van der Waals surface area contributed by atoms with Crippen molar-refractivity contribution >= 4 is 23.4 Å². The first-order valence-corrected chi connectivity index (χ1v) is 7.70. The van der Waals surface area contributed by atoms with Crippen molar-refractivity contribution in [3.8, 4) is 0 Å². The van der Waals surface area contributed by atoms with E-state index in [1.165, 1.54) is 0 Å². The van der Waals surface area contributed by atoms with Gasteiger partial charge in [0.2, 0.25) is 0 Å². The maximum absolute atomic E-state index is 12.4. The fraction of sp³-hybridized carbons (Fsp3) is 0.375. The summed E-state index contributed by atoms with van der Waals surface area (Å²) in [5, 5.41) is 2.94. The molecule has 1 saturated heterocycles. The van der Waals surface area contributed by atoms with E-state index in [2.05, 4.69) is 5.32 Å². The molecule has 0 aromatic heterocycles. The molecule has 0 unspecified atom stereocenters. The fourth-order valence-electron chi connectivity index (χ4n) is 2.63. The second-order valence-corrected chi connectivity index (χ2v) is 5.76. The average molecular weight is 321 g/mol.